The van der Waals surface area contributed by atoms with Crippen molar-refractivity contribution in [2.24, 2.45) is 5.73 Å². The van der Waals surface area contributed by atoms with Crippen LogP contribution >= 0.6 is 25.4 Å². The van der Waals surface area contributed by atoms with Crippen LogP contribution < -0.4 is 14.8 Å². The molecule has 6 heteroatoms. The van der Waals surface area contributed by atoms with Gasteiger partial charge in [-0.15, -0.1) is 17.0 Å². The first-order valence-corrected chi connectivity index (χ1v) is 7.94. The molecule has 2 aromatic carbocycles. The number of hydrogen-bond acceptors (Lipinski definition) is 4. The molecule has 0 radical (unpaired) electrons. The molecule has 1 atom stereocenters. The Bertz CT molecular complexity index is 527. The van der Waals surface area contributed by atoms with Crippen molar-refractivity contribution < 1.29 is 13.8 Å². The lowest BCUT2D eigenvalue weighted by Crippen LogP contribution is -2.30. The van der Waals surface area contributed by atoms with Crippen molar-refractivity contribution >= 4 is 30.9 Å². The van der Waals surface area contributed by atoms with E-state index >= 15 is 0 Å². The Labute approximate surface area is 142 Å². The van der Waals surface area contributed by atoms with E-state index in [2.05, 4.69) is 0 Å². The fourth-order valence-corrected chi connectivity index (χ4v) is 2.87. The molecule has 0 fully saturated rings. The van der Waals surface area contributed by atoms with Crippen LogP contribution in [-0.4, -0.2) is 11.6 Å². The maximum atomic E-state index is 12.3. The highest BCUT2D eigenvalue weighted by molar-refractivity contribution is 8.93. The summed E-state index contributed by atoms with van der Waals surface area (Å²) in [7, 11) is -1.78. The van der Waals surface area contributed by atoms with Crippen LogP contribution in [0.25, 0.3) is 0 Å². The minimum atomic E-state index is -1.78. The van der Waals surface area contributed by atoms with Crippen LogP contribution in [0.3, 0.4) is 0 Å². The Balaban J connectivity index is 0.00000242. The van der Waals surface area contributed by atoms with Gasteiger partial charge in [0.05, 0.1) is 6.04 Å². The summed E-state index contributed by atoms with van der Waals surface area (Å²) < 4.78 is 11.4. The van der Waals surface area contributed by atoms with Crippen molar-refractivity contribution in [1.29, 1.82) is 0 Å². The van der Waals surface area contributed by atoms with Crippen molar-refractivity contribution in [3.8, 4) is 11.5 Å². The molecule has 4 nitrogen and oxygen atoms in total. The lowest BCUT2D eigenvalue weighted by molar-refractivity contribution is -0.113. The molecule has 0 saturated heterocycles. The number of halogens is 1. The molecule has 0 amide bonds. The number of para-hydroxylation sites is 2. The third-order valence-corrected chi connectivity index (χ3v) is 4.24. The summed E-state index contributed by atoms with van der Waals surface area (Å²) in [6, 6.07) is 17.7. The minimum Gasteiger partial charge on any atom is -0.433 e. The van der Waals surface area contributed by atoms with Gasteiger partial charge in [-0.1, -0.05) is 43.3 Å². The molecule has 0 heterocycles. The first-order chi connectivity index (χ1) is 10.2. The molecule has 2 aromatic rings. The average molecular weight is 384 g/mol. The zero-order chi connectivity index (χ0) is 15.1. The van der Waals surface area contributed by atoms with Crippen LogP contribution in [-0.2, 0) is 4.79 Å². The highest BCUT2D eigenvalue weighted by Crippen LogP contribution is 2.42. The number of benzene rings is 2. The largest absolute Gasteiger partial charge is 0.433 e. The molecular weight excluding hydrogens is 365 g/mol. The molecule has 0 bridgehead atoms. The van der Waals surface area contributed by atoms with E-state index in [1.54, 1.807) is 24.3 Å². The predicted octanol–water partition coefficient (Wildman–Crippen LogP) is 4.30. The lowest BCUT2D eigenvalue weighted by atomic mass is 10.3. The van der Waals surface area contributed by atoms with Gasteiger partial charge < -0.3 is 14.8 Å². The second-order valence-electron chi connectivity index (χ2n) is 4.42. The second kappa shape index (κ2) is 9.57. The molecule has 118 valence electrons. The normalized spacial score (nSPS) is 11.4. The van der Waals surface area contributed by atoms with Gasteiger partial charge in [0.15, 0.2) is 0 Å². The molecule has 0 aliphatic carbocycles. The van der Waals surface area contributed by atoms with E-state index in [0.717, 1.165) is 0 Å². The number of rotatable bonds is 7. The molecule has 0 spiro atoms. The third-order valence-electron chi connectivity index (χ3n) is 2.80. The molecule has 0 saturated carbocycles. The molecule has 2 rings (SSSR count). The Morgan fingerprint density at radius 2 is 1.41 bits per heavy atom. The zero-order valence-electron chi connectivity index (χ0n) is 12.2. The van der Waals surface area contributed by atoms with E-state index in [1.165, 1.54) is 0 Å². The molecule has 0 aromatic heterocycles. The quantitative estimate of drug-likeness (QED) is 0.724. The first-order valence-electron chi connectivity index (χ1n) is 6.76. The fraction of sp³-hybridized carbons (Fsp3) is 0.188. The second-order valence-corrected chi connectivity index (χ2v) is 5.74. The number of carbonyl (C=O) groups is 1. The van der Waals surface area contributed by atoms with Gasteiger partial charge in [-0.05, 0) is 30.7 Å². The van der Waals surface area contributed by atoms with Gasteiger partial charge in [0, 0.05) is 0 Å². The lowest BCUT2D eigenvalue weighted by Gasteiger charge is -2.19. The first kappa shape index (κ1) is 18.6. The Morgan fingerprint density at radius 1 is 1.00 bits per heavy atom. The van der Waals surface area contributed by atoms with Gasteiger partial charge in [0.2, 0.25) is 0 Å². The van der Waals surface area contributed by atoms with Crippen LogP contribution in [0, 0.1) is 0 Å². The maximum absolute atomic E-state index is 12.3. The van der Waals surface area contributed by atoms with Crippen LogP contribution in [0.1, 0.15) is 13.3 Å². The molecule has 2 N–H and O–H groups in total. The van der Waals surface area contributed by atoms with Crippen LogP contribution in [0.5, 0.6) is 11.5 Å². The van der Waals surface area contributed by atoms with Crippen molar-refractivity contribution in [2.45, 2.75) is 19.4 Å². The van der Waals surface area contributed by atoms with E-state index in [9.17, 15) is 4.79 Å². The number of nitrogens with two attached hydrogens (primary N) is 1. The van der Waals surface area contributed by atoms with Gasteiger partial charge in [0.1, 0.15) is 11.5 Å². The minimum absolute atomic E-state index is 0. The molecule has 0 unspecified atom stereocenters. The summed E-state index contributed by atoms with van der Waals surface area (Å²) in [5.41, 5.74) is 5.62. The summed E-state index contributed by atoms with van der Waals surface area (Å²) in [5.74, 6) is 1.19. The van der Waals surface area contributed by atoms with Crippen LogP contribution in [0.4, 0.5) is 0 Å². The van der Waals surface area contributed by atoms with Crippen LogP contribution in [0.2, 0.25) is 0 Å². The van der Waals surface area contributed by atoms with Crippen LogP contribution in [0.15, 0.2) is 60.7 Å². The molecule has 0 aliphatic heterocycles. The third kappa shape index (κ3) is 5.41. The van der Waals surface area contributed by atoms with Crippen molar-refractivity contribution in [1.82, 2.24) is 0 Å². The summed E-state index contributed by atoms with van der Waals surface area (Å²) in [6.07, 6.45) is 0.550. The highest BCUT2D eigenvalue weighted by atomic mass is 79.9. The fourth-order valence-electron chi connectivity index (χ4n) is 1.57. The van der Waals surface area contributed by atoms with Gasteiger partial charge >= 0.3 is 8.38 Å². The van der Waals surface area contributed by atoms with E-state index in [4.69, 9.17) is 14.8 Å². The average Bonchev–Trinajstić information content (AvgIpc) is 2.54. The van der Waals surface area contributed by atoms with Crippen molar-refractivity contribution in [3.63, 3.8) is 0 Å². The molecular formula is C16H19BrNO3P. The number of carbonyl (C=O) groups excluding carboxylic acids is 1. The van der Waals surface area contributed by atoms with E-state index in [1.807, 2.05) is 43.3 Å². The van der Waals surface area contributed by atoms with Crippen molar-refractivity contribution in [2.75, 3.05) is 0 Å². The zero-order valence-corrected chi connectivity index (χ0v) is 14.8. The Kier molecular flexibility index (Phi) is 8.10. The topological polar surface area (TPSA) is 61.6 Å². The van der Waals surface area contributed by atoms with Gasteiger partial charge in [0.25, 0.3) is 5.52 Å². The Hall–Kier alpha value is -1.42. The SMILES string of the molecule is Br.CC[C@H](N)C(=O)P(Oc1ccccc1)Oc1ccccc1. The summed E-state index contributed by atoms with van der Waals surface area (Å²) in [4.78, 5) is 12.3. The van der Waals surface area contributed by atoms with Gasteiger partial charge in [-0.2, -0.15) is 0 Å². The standard InChI is InChI=1S/C16H18NO3P.BrH/c1-2-15(17)16(18)21(19-13-9-5-3-6-10-13)20-14-11-7-4-8-12-14;/h3-12,15H,2,17H2,1H3;1H/t15-;/m0./s1. The predicted molar refractivity (Wildman–Crippen MR) is 94.7 cm³/mol. The van der Waals surface area contributed by atoms with E-state index in [0.29, 0.717) is 17.9 Å². The van der Waals surface area contributed by atoms with Gasteiger partial charge in [-0.3, -0.25) is 4.79 Å². The summed E-state index contributed by atoms with van der Waals surface area (Å²) >= 11 is 0. The summed E-state index contributed by atoms with van der Waals surface area (Å²) in [5, 5.41) is 0. The monoisotopic (exact) mass is 383 g/mol. The van der Waals surface area contributed by atoms with E-state index < -0.39 is 14.4 Å². The Morgan fingerprint density at radius 3 is 1.77 bits per heavy atom. The smallest absolute Gasteiger partial charge is 0.366 e. The summed E-state index contributed by atoms with van der Waals surface area (Å²) in [6.45, 7) is 1.86. The number of hydrogen-bond donors (Lipinski definition) is 1. The highest BCUT2D eigenvalue weighted by Gasteiger charge is 2.29. The molecule has 0 aliphatic rings. The molecule has 22 heavy (non-hydrogen) atoms. The maximum Gasteiger partial charge on any atom is 0.366 e. The van der Waals surface area contributed by atoms with E-state index in [-0.39, 0.29) is 22.5 Å². The van der Waals surface area contributed by atoms with Crippen molar-refractivity contribution in [3.05, 3.63) is 60.7 Å². The van der Waals surface area contributed by atoms with Gasteiger partial charge in [-0.25, -0.2) is 0 Å².